The molecule has 1 amide bonds. The van der Waals surface area contributed by atoms with Crippen LogP contribution in [0.3, 0.4) is 0 Å². The van der Waals surface area contributed by atoms with E-state index in [9.17, 15) is 9.59 Å². The first kappa shape index (κ1) is 13.0. The maximum atomic E-state index is 12.0. The Morgan fingerprint density at radius 1 is 1.42 bits per heavy atom. The first-order valence-corrected chi connectivity index (χ1v) is 5.64. The molecule has 0 radical (unpaired) electrons. The van der Waals surface area contributed by atoms with Crippen molar-refractivity contribution >= 4 is 23.0 Å². The molecule has 2 N–H and O–H groups in total. The Hall–Kier alpha value is -2.44. The molecule has 1 unspecified atom stereocenters. The number of ether oxygens (including phenoxy) is 1. The first-order chi connectivity index (χ1) is 8.90. The van der Waals surface area contributed by atoms with E-state index in [2.05, 4.69) is 10.1 Å². The van der Waals surface area contributed by atoms with Crippen LogP contribution < -0.4 is 5.73 Å². The van der Waals surface area contributed by atoms with Gasteiger partial charge in [-0.2, -0.15) is 0 Å². The Bertz CT molecular complexity index is 662. The van der Waals surface area contributed by atoms with E-state index in [1.165, 1.54) is 6.92 Å². The van der Waals surface area contributed by atoms with Crippen molar-refractivity contribution in [1.29, 1.82) is 0 Å². The molecule has 0 spiro atoms. The number of rotatable bonds is 3. The van der Waals surface area contributed by atoms with E-state index in [1.54, 1.807) is 19.9 Å². The minimum absolute atomic E-state index is 0.259. The van der Waals surface area contributed by atoms with E-state index in [-0.39, 0.29) is 11.3 Å². The number of hydrogen-bond acceptors (Lipinski definition) is 6. The van der Waals surface area contributed by atoms with Crippen LogP contribution in [-0.2, 0) is 9.53 Å². The Labute approximate surface area is 108 Å². The van der Waals surface area contributed by atoms with Crippen molar-refractivity contribution in [2.75, 3.05) is 0 Å². The van der Waals surface area contributed by atoms with Gasteiger partial charge in [0.1, 0.15) is 0 Å². The van der Waals surface area contributed by atoms with E-state index in [0.717, 1.165) is 0 Å². The molecule has 7 heteroatoms. The van der Waals surface area contributed by atoms with E-state index in [4.69, 9.17) is 15.0 Å². The third-order valence-electron chi connectivity index (χ3n) is 2.65. The number of nitrogens with zero attached hydrogens (tertiary/aromatic N) is 2. The van der Waals surface area contributed by atoms with Gasteiger partial charge in [0.25, 0.3) is 11.6 Å². The number of amides is 1. The van der Waals surface area contributed by atoms with Crippen molar-refractivity contribution < 1.29 is 18.8 Å². The minimum Gasteiger partial charge on any atom is -0.449 e. The van der Waals surface area contributed by atoms with Crippen molar-refractivity contribution in [3.63, 3.8) is 0 Å². The summed E-state index contributed by atoms with van der Waals surface area (Å²) in [4.78, 5) is 27.1. The van der Waals surface area contributed by atoms with Gasteiger partial charge < -0.3 is 15.0 Å². The summed E-state index contributed by atoms with van der Waals surface area (Å²) in [5, 5.41) is 4.24. The monoisotopic (exact) mass is 263 g/mol. The van der Waals surface area contributed by atoms with E-state index >= 15 is 0 Å². The summed E-state index contributed by atoms with van der Waals surface area (Å²) in [6.07, 6.45) is -1.00. The molecule has 2 rings (SSSR count). The van der Waals surface area contributed by atoms with Crippen LogP contribution in [0.5, 0.6) is 0 Å². The van der Waals surface area contributed by atoms with Crippen LogP contribution in [0.25, 0.3) is 11.1 Å². The smallest absolute Gasteiger partial charge is 0.339 e. The number of aromatic nitrogens is 2. The predicted molar refractivity (Wildman–Crippen MR) is 65.3 cm³/mol. The Morgan fingerprint density at radius 3 is 2.74 bits per heavy atom. The lowest BCUT2D eigenvalue weighted by molar-refractivity contribution is -0.125. The molecule has 2 aromatic heterocycles. The van der Waals surface area contributed by atoms with Gasteiger partial charge in [-0.05, 0) is 26.8 Å². The van der Waals surface area contributed by atoms with Crippen molar-refractivity contribution in [3.05, 3.63) is 23.0 Å². The highest BCUT2D eigenvalue weighted by atomic mass is 16.5. The number of fused-ring (bicyclic) bond motifs is 1. The first-order valence-electron chi connectivity index (χ1n) is 5.64. The average molecular weight is 263 g/mol. The molecule has 1 atom stereocenters. The number of esters is 1. The quantitative estimate of drug-likeness (QED) is 0.823. The predicted octanol–water partition coefficient (Wildman–Crippen LogP) is 0.870. The molecular weight excluding hydrogens is 250 g/mol. The van der Waals surface area contributed by atoms with Crippen LogP contribution >= 0.6 is 0 Å². The molecule has 0 saturated carbocycles. The van der Waals surface area contributed by atoms with Crippen molar-refractivity contribution in [2.45, 2.75) is 26.9 Å². The van der Waals surface area contributed by atoms with Crippen molar-refractivity contribution in [1.82, 2.24) is 10.1 Å². The standard InChI is InChI=1S/C12H13N3O4/c1-5-4-8(12(17)18-7(3)10(13)16)9-6(2)15-19-11(9)14-5/h4,7H,1-3H3,(H2,13,16). The lowest BCUT2D eigenvalue weighted by atomic mass is 10.1. The molecule has 0 aliphatic rings. The molecule has 19 heavy (non-hydrogen) atoms. The zero-order valence-electron chi connectivity index (χ0n) is 10.8. The van der Waals surface area contributed by atoms with Gasteiger partial charge in [0.15, 0.2) is 6.10 Å². The third kappa shape index (κ3) is 2.40. The summed E-state index contributed by atoms with van der Waals surface area (Å²) in [6.45, 7) is 4.81. The molecular formula is C12H13N3O4. The highest BCUT2D eigenvalue weighted by Crippen LogP contribution is 2.22. The van der Waals surface area contributed by atoms with Crippen LogP contribution in [0.2, 0.25) is 0 Å². The maximum absolute atomic E-state index is 12.0. The molecule has 0 aromatic carbocycles. The zero-order chi connectivity index (χ0) is 14.2. The molecule has 0 saturated heterocycles. The molecule has 0 fully saturated rings. The SMILES string of the molecule is Cc1cc(C(=O)OC(C)C(N)=O)c2c(C)noc2n1. The molecule has 7 nitrogen and oxygen atoms in total. The Morgan fingerprint density at radius 2 is 2.11 bits per heavy atom. The van der Waals surface area contributed by atoms with Crippen molar-refractivity contribution in [2.24, 2.45) is 5.73 Å². The maximum Gasteiger partial charge on any atom is 0.339 e. The number of nitrogens with two attached hydrogens (primary N) is 1. The van der Waals surface area contributed by atoms with Crippen LogP contribution in [0.4, 0.5) is 0 Å². The zero-order valence-corrected chi connectivity index (χ0v) is 10.8. The molecule has 0 aliphatic heterocycles. The van der Waals surface area contributed by atoms with E-state index in [0.29, 0.717) is 16.8 Å². The van der Waals surface area contributed by atoms with Crippen molar-refractivity contribution in [3.8, 4) is 0 Å². The molecule has 2 heterocycles. The second kappa shape index (κ2) is 4.68. The summed E-state index contributed by atoms with van der Waals surface area (Å²) in [5.41, 5.74) is 6.69. The summed E-state index contributed by atoms with van der Waals surface area (Å²) in [6, 6.07) is 1.56. The van der Waals surface area contributed by atoms with E-state index < -0.39 is 18.0 Å². The molecule has 0 bridgehead atoms. The number of carbonyl (C=O) groups excluding carboxylic acids is 2. The number of aryl methyl sites for hydroxylation is 2. The third-order valence-corrected chi connectivity index (χ3v) is 2.65. The second-order valence-electron chi connectivity index (χ2n) is 4.21. The van der Waals surface area contributed by atoms with Gasteiger partial charge in [-0.3, -0.25) is 4.79 Å². The second-order valence-corrected chi connectivity index (χ2v) is 4.21. The molecule has 100 valence electrons. The fourth-order valence-electron chi connectivity index (χ4n) is 1.66. The van der Waals surface area contributed by atoms with Gasteiger partial charge >= 0.3 is 5.97 Å². The summed E-state index contributed by atoms with van der Waals surface area (Å²) < 4.78 is 9.99. The van der Waals surface area contributed by atoms with Crippen LogP contribution in [0.15, 0.2) is 10.6 Å². The largest absolute Gasteiger partial charge is 0.449 e. The van der Waals surface area contributed by atoms with Crippen LogP contribution in [-0.4, -0.2) is 28.1 Å². The Kier molecular flexibility index (Phi) is 3.20. The normalized spacial score (nSPS) is 12.4. The van der Waals surface area contributed by atoms with Gasteiger partial charge in [0.05, 0.1) is 16.6 Å². The summed E-state index contributed by atoms with van der Waals surface area (Å²) in [7, 11) is 0. The molecule has 0 aliphatic carbocycles. The topological polar surface area (TPSA) is 108 Å². The highest BCUT2D eigenvalue weighted by molar-refractivity contribution is 6.03. The number of pyridine rings is 1. The lowest BCUT2D eigenvalue weighted by Gasteiger charge is -2.10. The van der Waals surface area contributed by atoms with Gasteiger partial charge in [-0.15, -0.1) is 0 Å². The van der Waals surface area contributed by atoms with Crippen LogP contribution in [0, 0.1) is 13.8 Å². The van der Waals surface area contributed by atoms with Gasteiger partial charge in [-0.1, -0.05) is 5.16 Å². The highest BCUT2D eigenvalue weighted by Gasteiger charge is 2.22. The average Bonchev–Trinajstić information content (AvgIpc) is 2.69. The van der Waals surface area contributed by atoms with E-state index in [1.807, 2.05) is 0 Å². The minimum atomic E-state index is -1.00. The summed E-state index contributed by atoms with van der Waals surface area (Å²) in [5.74, 6) is -1.37. The molecule has 2 aromatic rings. The number of hydrogen-bond donors (Lipinski definition) is 1. The fourth-order valence-corrected chi connectivity index (χ4v) is 1.66. The van der Waals surface area contributed by atoms with Gasteiger partial charge in [0.2, 0.25) is 0 Å². The Balaban J connectivity index is 2.46. The summed E-state index contributed by atoms with van der Waals surface area (Å²) >= 11 is 0. The lowest BCUT2D eigenvalue weighted by Crippen LogP contribution is -2.30. The number of primary amides is 1. The van der Waals surface area contributed by atoms with Gasteiger partial charge in [0, 0.05) is 5.69 Å². The van der Waals surface area contributed by atoms with Crippen LogP contribution in [0.1, 0.15) is 28.7 Å². The fraction of sp³-hybridized carbons (Fsp3) is 0.333. The number of carbonyl (C=O) groups is 2. The van der Waals surface area contributed by atoms with Gasteiger partial charge in [-0.25, -0.2) is 9.78 Å².